The van der Waals surface area contributed by atoms with Gasteiger partial charge in [-0.05, 0) is 43.4 Å². The number of aliphatic hydroxyl groups excluding tert-OH is 1. The number of carboxylic acid groups (broad SMARTS) is 1. The number of hydrogen-bond donors (Lipinski definition) is 3. The summed E-state index contributed by atoms with van der Waals surface area (Å²) in [6, 6.07) is -0.463. The fourth-order valence-electron chi connectivity index (χ4n) is 4.32. The number of carboxylic acids is 1. The Hall–Kier alpha value is -1.30. The summed E-state index contributed by atoms with van der Waals surface area (Å²) in [7, 11) is 0. The third kappa shape index (κ3) is 2.61. The number of β-amino-alcohol motifs (C(OH)–C–C–N with tert-alkyl or cyclic N) is 1. The minimum Gasteiger partial charge on any atom is -0.481 e. The van der Waals surface area contributed by atoms with Crippen LogP contribution in [0.4, 0.5) is 4.79 Å². The zero-order chi connectivity index (χ0) is 15.1. The van der Waals surface area contributed by atoms with Gasteiger partial charge in [0.15, 0.2) is 0 Å². The van der Waals surface area contributed by atoms with E-state index < -0.39 is 18.0 Å². The van der Waals surface area contributed by atoms with Crippen molar-refractivity contribution in [1.29, 1.82) is 0 Å². The Morgan fingerprint density at radius 3 is 2.57 bits per heavy atom. The van der Waals surface area contributed by atoms with E-state index in [9.17, 15) is 19.8 Å². The molecule has 2 saturated carbocycles. The summed E-state index contributed by atoms with van der Waals surface area (Å²) in [6.45, 7) is 2.95. The standard InChI is InChI=1S/C15H24N2O4/c1-8-4-5-17(7-11(8)18)15(21)16-13-10-3-2-9(6-10)12(13)14(19)20/h8-13,18H,2-7H2,1H3,(H,16,21)(H,19,20). The average Bonchev–Trinajstić information content (AvgIpc) is 3.02. The second-order valence-corrected chi connectivity index (χ2v) is 6.95. The van der Waals surface area contributed by atoms with Crippen molar-refractivity contribution in [3.05, 3.63) is 0 Å². The fraction of sp³-hybridized carbons (Fsp3) is 0.867. The Morgan fingerprint density at radius 2 is 1.90 bits per heavy atom. The van der Waals surface area contributed by atoms with Gasteiger partial charge < -0.3 is 20.4 Å². The minimum absolute atomic E-state index is 0.211. The monoisotopic (exact) mass is 296 g/mol. The lowest BCUT2D eigenvalue weighted by Crippen LogP contribution is -2.55. The van der Waals surface area contributed by atoms with Crippen molar-refractivity contribution >= 4 is 12.0 Å². The topological polar surface area (TPSA) is 89.9 Å². The van der Waals surface area contributed by atoms with Crippen LogP contribution in [-0.4, -0.2) is 52.3 Å². The van der Waals surface area contributed by atoms with Gasteiger partial charge in [-0.25, -0.2) is 4.79 Å². The van der Waals surface area contributed by atoms with E-state index in [-0.39, 0.29) is 23.9 Å². The van der Waals surface area contributed by atoms with Crippen molar-refractivity contribution in [3.8, 4) is 0 Å². The predicted octanol–water partition coefficient (Wildman–Crippen LogP) is 0.898. The first-order valence-electron chi connectivity index (χ1n) is 7.93. The maximum absolute atomic E-state index is 12.4. The van der Waals surface area contributed by atoms with Gasteiger partial charge in [-0.2, -0.15) is 0 Å². The molecule has 0 spiro atoms. The Morgan fingerprint density at radius 1 is 1.19 bits per heavy atom. The Bertz CT molecular complexity index is 441. The molecule has 1 saturated heterocycles. The number of nitrogens with zero attached hydrogens (tertiary/aromatic N) is 1. The molecule has 2 bridgehead atoms. The summed E-state index contributed by atoms with van der Waals surface area (Å²) in [4.78, 5) is 25.4. The van der Waals surface area contributed by atoms with Crippen LogP contribution >= 0.6 is 0 Å². The average molecular weight is 296 g/mol. The lowest BCUT2D eigenvalue weighted by molar-refractivity contribution is -0.144. The van der Waals surface area contributed by atoms with Crippen molar-refractivity contribution in [1.82, 2.24) is 10.2 Å². The predicted molar refractivity (Wildman–Crippen MR) is 75.6 cm³/mol. The van der Waals surface area contributed by atoms with Gasteiger partial charge in [0.05, 0.1) is 12.0 Å². The van der Waals surface area contributed by atoms with E-state index in [4.69, 9.17) is 0 Å². The molecule has 0 aromatic heterocycles. The third-order valence-corrected chi connectivity index (χ3v) is 5.70. The molecule has 1 heterocycles. The number of amides is 2. The number of rotatable bonds is 2. The van der Waals surface area contributed by atoms with Gasteiger partial charge in [-0.1, -0.05) is 6.92 Å². The maximum Gasteiger partial charge on any atom is 0.317 e. The molecule has 21 heavy (non-hydrogen) atoms. The molecule has 6 unspecified atom stereocenters. The molecule has 2 amide bonds. The van der Waals surface area contributed by atoms with Crippen LogP contribution in [-0.2, 0) is 4.79 Å². The number of aliphatic hydroxyl groups is 1. The highest BCUT2D eigenvalue weighted by molar-refractivity contribution is 5.77. The Balaban J connectivity index is 1.63. The lowest BCUT2D eigenvalue weighted by atomic mass is 9.84. The molecule has 3 aliphatic rings. The number of aliphatic carboxylic acids is 1. The second-order valence-electron chi connectivity index (χ2n) is 6.95. The Kier molecular flexibility index (Phi) is 3.82. The molecule has 1 aliphatic heterocycles. The van der Waals surface area contributed by atoms with Gasteiger partial charge in [-0.15, -0.1) is 0 Å². The van der Waals surface area contributed by atoms with Crippen LogP contribution in [0, 0.1) is 23.7 Å². The van der Waals surface area contributed by atoms with Gasteiger partial charge in [0.1, 0.15) is 0 Å². The highest BCUT2D eigenvalue weighted by atomic mass is 16.4. The largest absolute Gasteiger partial charge is 0.481 e. The number of carbonyl (C=O) groups is 2. The molecule has 0 aromatic rings. The third-order valence-electron chi connectivity index (χ3n) is 5.70. The van der Waals surface area contributed by atoms with Gasteiger partial charge in [0, 0.05) is 19.1 Å². The summed E-state index contributed by atoms with van der Waals surface area (Å²) in [6.07, 6.45) is 3.20. The number of piperidine rings is 1. The highest BCUT2D eigenvalue weighted by Gasteiger charge is 2.51. The van der Waals surface area contributed by atoms with Crippen LogP contribution in [0.25, 0.3) is 0 Å². The molecule has 0 radical (unpaired) electrons. The van der Waals surface area contributed by atoms with Crippen LogP contribution in [0.1, 0.15) is 32.6 Å². The van der Waals surface area contributed by atoms with Crippen molar-refractivity contribution in [2.45, 2.75) is 44.8 Å². The van der Waals surface area contributed by atoms with Gasteiger partial charge in [-0.3, -0.25) is 4.79 Å². The molecule has 6 nitrogen and oxygen atoms in total. The lowest BCUT2D eigenvalue weighted by Gasteiger charge is -2.36. The van der Waals surface area contributed by atoms with E-state index in [1.54, 1.807) is 4.90 Å². The number of carbonyl (C=O) groups excluding carboxylic acids is 1. The number of hydrogen-bond acceptors (Lipinski definition) is 3. The van der Waals surface area contributed by atoms with E-state index in [1.807, 2.05) is 6.92 Å². The van der Waals surface area contributed by atoms with Crippen molar-refractivity contribution in [3.63, 3.8) is 0 Å². The zero-order valence-electron chi connectivity index (χ0n) is 12.4. The first-order valence-corrected chi connectivity index (χ1v) is 7.93. The Labute approximate surface area is 124 Å². The molecule has 2 aliphatic carbocycles. The van der Waals surface area contributed by atoms with Gasteiger partial charge in [0.25, 0.3) is 0 Å². The number of fused-ring (bicyclic) bond motifs is 2. The minimum atomic E-state index is -0.792. The quantitative estimate of drug-likeness (QED) is 0.706. The molecule has 6 heteroatoms. The van der Waals surface area contributed by atoms with Crippen LogP contribution < -0.4 is 5.32 Å². The molecular weight excluding hydrogens is 272 g/mol. The van der Waals surface area contributed by atoms with Crippen molar-refractivity contribution < 1.29 is 19.8 Å². The van der Waals surface area contributed by atoms with E-state index in [0.717, 1.165) is 25.7 Å². The van der Waals surface area contributed by atoms with Gasteiger partial charge >= 0.3 is 12.0 Å². The van der Waals surface area contributed by atoms with E-state index >= 15 is 0 Å². The number of urea groups is 1. The molecule has 0 aromatic carbocycles. The zero-order valence-corrected chi connectivity index (χ0v) is 12.4. The summed E-state index contributed by atoms with van der Waals surface area (Å²) < 4.78 is 0. The molecule has 3 rings (SSSR count). The molecular formula is C15H24N2O4. The summed E-state index contributed by atoms with van der Waals surface area (Å²) in [5.41, 5.74) is 0. The highest BCUT2D eigenvalue weighted by Crippen LogP contribution is 2.48. The first-order chi connectivity index (χ1) is 9.97. The maximum atomic E-state index is 12.4. The summed E-state index contributed by atoms with van der Waals surface area (Å²) >= 11 is 0. The normalized spacial score (nSPS) is 42.1. The van der Waals surface area contributed by atoms with Gasteiger partial charge in [0.2, 0.25) is 0 Å². The first kappa shape index (κ1) is 14.6. The van der Waals surface area contributed by atoms with Crippen LogP contribution in [0.3, 0.4) is 0 Å². The van der Waals surface area contributed by atoms with Crippen LogP contribution in [0.2, 0.25) is 0 Å². The van der Waals surface area contributed by atoms with Crippen molar-refractivity contribution in [2.24, 2.45) is 23.7 Å². The summed E-state index contributed by atoms with van der Waals surface area (Å²) in [5.74, 6) is -0.511. The van der Waals surface area contributed by atoms with E-state index in [2.05, 4.69) is 5.32 Å². The van der Waals surface area contributed by atoms with Crippen LogP contribution in [0.5, 0.6) is 0 Å². The SMILES string of the molecule is CC1CCN(C(=O)NC2C3CCC(C3)C2C(=O)O)CC1O. The second kappa shape index (κ2) is 5.48. The fourth-order valence-corrected chi connectivity index (χ4v) is 4.32. The number of likely N-dealkylation sites (tertiary alicyclic amines) is 1. The summed E-state index contributed by atoms with van der Waals surface area (Å²) in [5, 5.41) is 22.2. The molecule has 118 valence electrons. The smallest absolute Gasteiger partial charge is 0.317 e. The van der Waals surface area contributed by atoms with E-state index in [0.29, 0.717) is 19.0 Å². The molecule has 6 atom stereocenters. The molecule has 3 N–H and O–H groups in total. The van der Waals surface area contributed by atoms with Crippen molar-refractivity contribution in [2.75, 3.05) is 13.1 Å². The van der Waals surface area contributed by atoms with Crippen LogP contribution in [0.15, 0.2) is 0 Å². The van der Waals surface area contributed by atoms with E-state index in [1.165, 1.54) is 0 Å². The number of nitrogens with one attached hydrogen (secondary N) is 1. The molecule has 3 fully saturated rings.